The number of rotatable bonds is 5. The number of nitrogens with one attached hydrogen (secondary N) is 2. The third-order valence-electron chi connectivity index (χ3n) is 6.12. The summed E-state index contributed by atoms with van der Waals surface area (Å²) < 4.78 is 29.3. The Morgan fingerprint density at radius 1 is 1.11 bits per heavy atom. The summed E-state index contributed by atoms with van der Waals surface area (Å²) in [6.07, 6.45) is 8.11. The molecule has 2 heterocycles. The van der Waals surface area contributed by atoms with Crippen LogP contribution in [0.25, 0.3) is 0 Å². The third kappa shape index (κ3) is 7.97. The van der Waals surface area contributed by atoms with Gasteiger partial charge >= 0.3 is 0 Å². The Kier molecular flexibility index (Phi) is 9.80. The maximum Gasteiger partial charge on any atom is 0.191 e. The fourth-order valence-corrected chi connectivity index (χ4v) is 6.68. The van der Waals surface area contributed by atoms with Gasteiger partial charge in [-0.3, -0.25) is 4.99 Å². The minimum absolute atomic E-state index is 0. The van der Waals surface area contributed by atoms with Crippen molar-refractivity contribution in [1.82, 2.24) is 10.6 Å². The standard InChI is InChI=1S/C20H37N3O3S.HI/c1-15-9-16(2)11-18(10-15)23-20(22-13-19-5-3-4-7-26-19)21-12-17-6-8-27(24,25)14-17;/h15-19H,3-14H2,1-2H3,(H2,21,22,23);1H. The third-order valence-corrected chi connectivity index (χ3v) is 7.96. The van der Waals surface area contributed by atoms with Crippen LogP contribution < -0.4 is 10.6 Å². The molecule has 4 unspecified atom stereocenters. The number of hydrogen-bond acceptors (Lipinski definition) is 4. The summed E-state index contributed by atoms with van der Waals surface area (Å²) in [7, 11) is -2.84. The lowest BCUT2D eigenvalue weighted by atomic mass is 9.80. The second-order valence-corrected chi connectivity index (χ2v) is 11.3. The van der Waals surface area contributed by atoms with Crippen LogP contribution in [0.15, 0.2) is 4.99 Å². The number of halogens is 1. The zero-order valence-electron chi connectivity index (χ0n) is 17.4. The van der Waals surface area contributed by atoms with Gasteiger partial charge in [0, 0.05) is 25.7 Å². The molecule has 2 saturated heterocycles. The van der Waals surface area contributed by atoms with Gasteiger partial charge in [-0.15, -0.1) is 24.0 Å². The lowest BCUT2D eigenvalue weighted by Crippen LogP contribution is -2.48. The maximum atomic E-state index is 11.7. The zero-order valence-corrected chi connectivity index (χ0v) is 20.5. The van der Waals surface area contributed by atoms with Crippen molar-refractivity contribution in [3.05, 3.63) is 0 Å². The largest absolute Gasteiger partial charge is 0.376 e. The molecule has 0 amide bonds. The first-order chi connectivity index (χ1) is 12.9. The van der Waals surface area contributed by atoms with Crippen LogP contribution in [0.2, 0.25) is 0 Å². The predicted octanol–water partition coefficient (Wildman–Crippen LogP) is 2.97. The summed E-state index contributed by atoms with van der Waals surface area (Å²) in [6.45, 7) is 6.86. The van der Waals surface area contributed by atoms with Crippen LogP contribution >= 0.6 is 24.0 Å². The number of sulfone groups is 1. The lowest BCUT2D eigenvalue weighted by molar-refractivity contribution is 0.0194. The summed E-state index contributed by atoms with van der Waals surface area (Å²) >= 11 is 0. The first-order valence-electron chi connectivity index (χ1n) is 10.8. The van der Waals surface area contributed by atoms with E-state index >= 15 is 0 Å². The van der Waals surface area contributed by atoms with Crippen LogP contribution in [0.4, 0.5) is 0 Å². The monoisotopic (exact) mass is 527 g/mol. The molecule has 4 atom stereocenters. The molecule has 1 aliphatic carbocycles. The van der Waals surface area contributed by atoms with Crippen molar-refractivity contribution in [3.8, 4) is 0 Å². The summed E-state index contributed by atoms with van der Waals surface area (Å²) in [4.78, 5) is 4.77. The van der Waals surface area contributed by atoms with Crippen LogP contribution in [0.3, 0.4) is 0 Å². The number of hydrogen-bond donors (Lipinski definition) is 2. The van der Waals surface area contributed by atoms with Crippen molar-refractivity contribution in [2.45, 2.75) is 70.9 Å². The molecular formula is C20H38IN3O3S. The first kappa shape index (κ1) is 24.2. The SMILES string of the molecule is CC1CC(C)CC(NC(=NCC2CCS(=O)(=O)C2)NCC2CCCCO2)C1.I. The fraction of sp³-hybridized carbons (Fsp3) is 0.950. The molecule has 6 nitrogen and oxygen atoms in total. The average molecular weight is 528 g/mol. The highest BCUT2D eigenvalue weighted by Crippen LogP contribution is 2.28. The number of nitrogens with zero attached hydrogens (tertiary/aromatic N) is 1. The van der Waals surface area contributed by atoms with Gasteiger partial charge in [-0.2, -0.15) is 0 Å². The summed E-state index contributed by atoms with van der Waals surface area (Å²) in [6, 6.07) is 0.439. The molecular weight excluding hydrogens is 489 g/mol. The molecule has 3 aliphatic rings. The molecule has 2 N–H and O–H groups in total. The van der Waals surface area contributed by atoms with E-state index < -0.39 is 9.84 Å². The van der Waals surface area contributed by atoms with E-state index in [4.69, 9.17) is 9.73 Å². The Morgan fingerprint density at radius 2 is 1.86 bits per heavy atom. The smallest absolute Gasteiger partial charge is 0.191 e. The van der Waals surface area contributed by atoms with Crippen molar-refractivity contribution in [3.63, 3.8) is 0 Å². The quantitative estimate of drug-likeness (QED) is 0.327. The summed E-state index contributed by atoms with van der Waals surface area (Å²) in [5.74, 6) is 3.05. The Labute approximate surface area is 188 Å². The second kappa shape index (κ2) is 11.3. The molecule has 3 rings (SSSR count). The van der Waals surface area contributed by atoms with Gasteiger partial charge in [0.2, 0.25) is 0 Å². The van der Waals surface area contributed by atoms with E-state index in [-0.39, 0.29) is 41.8 Å². The Hall–Kier alpha value is -0.0900. The van der Waals surface area contributed by atoms with Crippen molar-refractivity contribution >= 4 is 39.8 Å². The van der Waals surface area contributed by atoms with Crippen molar-refractivity contribution in [2.75, 3.05) is 31.2 Å². The lowest BCUT2D eigenvalue weighted by Gasteiger charge is -2.33. The van der Waals surface area contributed by atoms with Crippen molar-refractivity contribution in [2.24, 2.45) is 22.7 Å². The zero-order chi connectivity index (χ0) is 19.3. The highest BCUT2D eigenvalue weighted by Gasteiger charge is 2.28. The molecule has 0 aromatic rings. The molecule has 0 spiro atoms. The Morgan fingerprint density at radius 3 is 2.46 bits per heavy atom. The number of aliphatic imine (C=N–C) groups is 1. The predicted molar refractivity (Wildman–Crippen MR) is 125 cm³/mol. The van der Waals surface area contributed by atoms with Gasteiger partial charge in [0.05, 0.1) is 17.6 Å². The highest BCUT2D eigenvalue weighted by atomic mass is 127. The van der Waals surface area contributed by atoms with Gasteiger partial charge in [-0.1, -0.05) is 13.8 Å². The van der Waals surface area contributed by atoms with E-state index in [1.54, 1.807) is 0 Å². The molecule has 2 aliphatic heterocycles. The number of ether oxygens (including phenoxy) is 1. The van der Waals surface area contributed by atoms with Crippen LogP contribution in [-0.2, 0) is 14.6 Å². The van der Waals surface area contributed by atoms with Crippen LogP contribution in [0.1, 0.15) is 58.8 Å². The molecule has 1 saturated carbocycles. The Bertz CT molecular complexity index is 598. The average Bonchev–Trinajstić information content (AvgIpc) is 2.96. The summed E-state index contributed by atoms with van der Waals surface area (Å²) in [5.41, 5.74) is 0. The van der Waals surface area contributed by atoms with E-state index in [0.717, 1.165) is 50.2 Å². The van der Waals surface area contributed by atoms with E-state index in [2.05, 4.69) is 24.5 Å². The minimum Gasteiger partial charge on any atom is -0.376 e. The van der Waals surface area contributed by atoms with E-state index in [1.165, 1.54) is 25.7 Å². The Balaban J connectivity index is 0.00000280. The molecule has 0 bridgehead atoms. The normalized spacial score (nSPS) is 35.8. The highest BCUT2D eigenvalue weighted by molar-refractivity contribution is 14.0. The first-order valence-corrected chi connectivity index (χ1v) is 12.6. The van der Waals surface area contributed by atoms with E-state index in [0.29, 0.717) is 18.3 Å². The topological polar surface area (TPSA) is 79.8 Å². The van der Waals surface area contributed by atoms with Crippen molar-refractivity contribution < 1.29 is 13.2 Å². The molecule has 0 aromatic heterocycles. The minimum atomic E-state index is -2.84. The van der Waals surface area contributed by atoms with Gasteiger partial charge in [0.15, 0.2) is 15.8 Å². The number of guanidine groups is 1. The van der Waals surface area contributed by atoms with Crippen LogP contribution in [-0.4, -0.2) is 57.7 Å². The van der Waals surface area contributed by atoms with Crippen LogP contribution in [0.5, 0.6) is 0 Å². The van der Waals surface area contributed by atoms with Gasteiger partial charge in [-0.05, 0) is 62.7 Å². The second-order valence-electron chi connectivity index (χ2n) is 9.09. The van der Waals surface area contributed by atoms with Gasteiger partial charge in [0.25, 0.3) is 0 Å². The summed E-state index contributed by atoms with van der Waals surface area (Å²) in [5, 5.41) is 7.11. The van der Waals surface area contributed by atoms with Gasteiger partial charge < -0.3 is 15.4 Å². The molecule has 3 fully saturated rings. The van der Waals surface area contributed by atoms with Gasteiger partial charge in [0.1, 0.15) is 0 Å². The fourth-order valence-electron chi connectivity index (χ4n) is 4.83. The maximum absolute atomic E-state index is 11.7. The van der Waals surface area contributed by atoms with Gasteiger partial charge in [-0.25, -0.2) is 8.42 Å². The molecule has 0 radical (unpaired) electrons. The van der Waals surface area contributed by atoms with Crippen molar-refractivity contribution in [1.29, 1.82) is 0 Å². The molecule has 0 aromatic carbocycles. The van der Waals surface area contributed by atoms with E-state index in [1.807, 2.05) is 0 Å². The molecule has 164 valence electrons. The van der Waals surface area contributed by atoms with Crippen LogP contribution in [0, 0.1) is 17.8 Å². The van der Waals surface area contributed by atoms with E-state index in [9.17, 15) is 8.42 Å². The molecule has 8 heteroatoms. The molecule has 28 heavy (non-hydrogen) atoms.